The zero-order valence-electron chi connectivity index (χ0n) is 23.9. The Kier molecular flexibility index (Phi) is 7.93. The standard InChI is InChI=1S/C33H31ClN4O3S/c1-19-12-21(18-42-25-10-8-22(34)9-11-25)20(2)26(13-19)30-27(17-35)32(36)37(23-6-5-7-24(14-23)38(40)41)28-15-33(3,4)16-29(39)31(28)30/h5-14,30H,15-16,18,36H2,1-4H3. The van der Waals surface area contributed by atoms with Crippen molar-refractivity contribution in [1.29, 1.82) is 5.26 Å². The normalized spacial score (nSPS) is 18.1. The monoisotopic (exact) mass is 598 g/mol. The summed E-state index contributed by atoms with van der Waals surface area (Å²) < 4.78 is 0. The predicted octanol–water partition coefficient (Wildman–Crippen LogP) is 8.10. The summed E-state index contributed by atoms with van der Waals surface area (Å²) in [5.74, 6) is 0.204. The zero-order valence-corrected chi connectivity index (χ0v) is 25.5. The van der Waals surface area contributed by atoms with E-state index in [0.717, 1.165) is 27.1 Å². The number of benzene rings is 3. The minimum atomic E-state index is -0.636. The van der Waals surface area contributed by atoms with Crippen LogP contribution in [-0.2, 0) is 10.5 Å². The Bertz CT molecular complexity index is 1720. The van der Waals surface area contributed by atoms with Gasteiger partial charge in [-0.15, -0.1) is 11.8 Å². The number of rotatable bonds is 6. The van der Waals surface area contributed by atoms with Crippen LogP contribution < -0.4 is 10.6 Å². The molecule has 1 unspecified atom stereocenters. The van der Waals surface area contributed by atoms with E-state index < -0.39 is 10.8 Å². The van der Waals surface area contributed by atoms with Gasteiger partial charge in [-0.3, -0.25) is 19.8 Å². The molecule has 1 heterocycles. The molecule has 3 aromatic rings. The number of nitrogens with zero attached hydrogens (tertiary/aromatic N) is 3. The molecule has 0 saturated carbocycles. The van der Waals surface area contributed by atoms with Crippen molar-refractivity contribution in [3.05, 3.63) is 121 Å². The van der Waals surface area contributed by atoms with Gasteiger partial charge in [0.2, 0.25) is 0 Å². The van der Waals surface area contributed by atoms with Crippen molar-refractivity contribution in [1.82, 2.24) is 0 Å². The highest BCUT2D eigenvalue weighted by atomic mass is 35.5. The van der Waals surface area contributed by atoms with Crippen LogP contribution in [0.1, 0.15) is 54.9 Å². The van der Waals surface area contributed by atoms with E-state index in [1.165, 1.54) is 12.1 Å². The molecule has 42 heavy (non-hydrogen) atoms. The molecular weight excluding hydrogens is 568 g/mol. The van der Waals surface area contributed by atoms with Gasteiger partial charge in [0, 0.05) is 45.5 Å². The van der Waals surface area contributed by atoms with Gasteiger partial charge < -0.3 is 5.73 Å². The summed E-state index contributed by atoms with van der Waals surface area (Å²) in [6.45, 7) is 8.10. The number of thioether (sulfide) groups is 1. The summed E-state index contributed by atoms with van der Waals surface area (Å²) in [7, 11) is 0. The first kappa shape index (κ1) is 29.4. The van der Waals surface area contributed by atoms with Gasteiger partial charge in [0.15, 0.2) is 5.78 Å². The molecule has 0 saturated heterocycles. The number of Topliss-reactive ketones (excluding diaryl/α,β-unsaturated/α-hetero) is 1. The van der Waals surface area contributed by atoms with E-state index in [-0.39, 0.29) is 28.3 Å². The molecule has 0 spiro atoms. The summed E-state index contributed by atoms with van der Waals surface area (Å²) >= 11 is 7.75. The summed E-state index contributed by atoms with van der Waals surface area (Å²) in [4.78, 5) is 27.9. The number of aryl methyl sites for hydroxylation is 1. The highest BCUT2D eigenvalue weighted by Crippen LogP contribution is 2.51. The van der Waals surface area contributed by atoms with Crippen LogP contribution in [-0.4, -0.2) is 10.7 Å². The number of carbonyl (C=O) groups excluding carboxylic acids is 1. The summed E-state index contributed by atoms with van der Waals surface area (Å²) in [5, 5.41) is 22.8. The number of nitro benzene ring substituents is 1. The number of carbonyl (C=O) groups is 1. The topological polar surface area (TPSA) is 113 Å². The molecule has 1 aliphatic heterocycles. The van der Waals surface area contributed by atoms with Gasteiger partial charge in [-0.25, -0.2) is 0 Å². The average molecular weight is 599 g/mol. The quantitative estimate of drug-likeness (QED) is 0.173. The SMILES string of the molecule is Cc1cc(CSc2ccc(Cl)cc2)c(C)c(C2C(C#N)=C(N)N(c3cccc([N+](=O)[O-])c3)C3=C2C(=O)CC(C)(C)C3)c1. The van der Waals surface area contributed by atoms with Crippen molar-refractivity contribution in [3.63, 3.8) is 0 Å². The Morgan fingerprint density at radius 1 is 1.14 bits per heavy atom. The summed E-state index contributed by atoms with van der Waals surface area (Å²) in [6.07, 6.45) is 0.852. The van der Waals surface area contributed by atoms with E-state index in [1.807, 2.05) is 58.0 Å². The molecule has 5 rings (SSSR count). The number of nitrogens with two attached hydrogens (primary N) is 1. The third-order valence-corrected chi connectivity index (χ3v) is 9.21. The lowest BCUT2D eigenvalue weighted by Gasteiger charge is -2.44. The van der Waals surface area contributed by atoms with Crippen LogP contribution in [0.2, 0.25) is 5.02 Å². The molecule has 2 N–H and O–H groups in total. The van der Waals surface area contributed by atoms with Crippen molar-refractivity contribution in [2.45, 2.75) is 57.1 Å². The van der Waals surface area contributed by atoms with Crippen LogP contribution in [0.5, 0.6) is 0 Å². The molecule has 2 aliphatic rings. The molecule has 3 aromatic carbocycles. The number of hydrogen-bond acceptors (Lipinski definition) is 7. The second-order valence-corrected chi connectivity index (χ2v) is 13.1. The first-order chi connectivity index (χ1) is 19.9. The van der Waals surface area contributed by atoms with Gasteiger partial charge in [0.25, 0.3) is 5.69 Å². The van der Waals surface area contributed by atoms with Crippen LogP contribution >= 0.6 is 23.4 Å². The van der Waals surface area contributed by atoms with E-state index >= 15 is 0 Å². The summed E-state index contributed by atoms with van der Waals surface area (Å²) in [5.41, 5.74) is 12.3. The predicted molar refractivity (Wildman–Crippen MR) is 167 cm³/mol. The number of ketones is 1. The molecule has 0 amide bonds. The Labute approximate surface area is 254 Å². The van der Waals surface area contributed by atoms with Crippen LogP contribution in [0.25, 0.3) is 0 Å². The molecule has 0 fully saturated rings. The molecule has 9 heteroatoms. The minimum Gasteiger partial charge on any atom is -0.384 e. The van der Waals surface area contributed by atoms with Crippen LogP contribution in [0, 0.1) is 40.7 Å². The van der Waals surface area contributed by atoms with Crippen molar-refractivity contribution in [2.24, 2.45) is 11.1 Å². The molecule has 1 aliphatic carbocycles. The van der Waals surface area contributed by atoms with Gasteiger partial charge in [0.1, 0.15) is 5.82 Å². The first-order valence-electron chi connectivity index (χ1n) is 13.6. The molecule has 1 atom stereocenters. The fraction of sp³-hybridized carbons (Fsp3) is 0.273. The molecule has 214 valence electrons. The Hall–Kier alpha value is -4.06. The van der Waals surface area contributed by atoms with Crippen molar-refractivity contribution in [2.75, 3.05) is 4.90 Å². The fourth-order valence-corrected chi connectivity index (χ4v) is 7.04. The van der Waals surface area contributed by atoms with Crippen LogP contribution in [0.4, 0.5) is 11.4 Å². The molecular formula is C33H31ClN4O3S. The van der Waals surface area contributed by atoms with Crippen molar-refractivity contribution < 1.29 is 9.72 Å². The number of allylic oxidation sites excluding steroid dienone is 3. The largest absolute Gasteiger partial charge is 0.384 e. The average Bonchev–Trinajstić information content (AvgIpc) is 2.93. The minimum absolute atomic E-state index is 0.0417. The number of nitriles is 1. The third-order valence-electron chi connectivity index (χ3n) is 7.90. The zero-order chi connectivity index (χ0) is 30.3. The Morgan fingerprint density at radius 3 is 2.52 bits per heavy atom. The maximum absolute atomic E-state index is 14.0. The van der Waals surface area contributed by atoms with E-state index in [2.05, 4.69) is 12.1 Å². The Balaban J connectivity index is 1.67. The number of nitro groups is 1. The van der Waals surface area contributed by atoms with Crippen LogP contribution in [0.15, 0.2) is 88.2 Å². The van der Waals surface area contributed by atoms with Gasteiger partial charge in [-0.1, -0.05) is 49.2 Å². The van der Waals surface area contributed by atoms with E-state index in [4.69, 9.17) is 17.3 Å². The van der Waals surface area contributed by atoms with E-state index in [1.54, 1.807) is 28.8 Å². The Morgan fingerprint density at radius 2 is 1.86 bits per heavy atom. The molecule has 0 bridgehead atoms. The lowest BCUT2D eigenvalue weighted by Crippen LogP contribution is -2.42. The smallest absolute Gasteiger partial charge is 0.271 e. The second-order valence-electron chi connectivity index (χ2n) is 11.6. The molecule has 0 aromatic heterocycles. The first-order valence-corrected chi connectivity index (χ1v) is 15.0. The van der Waals surface area contributed by atoms with Gasteiger partial charge in [-0.05, 0) is 72.7 Å². The lowest BCUT2D eigenvalue weighted by molar-refractivity contribution is -0.384. The maximum atomic E-state index is 14.0. The number of halogens is 1. The van der Waals surface area contributed by atoms with Gasteiger partial charge >= 0.3 is 0 Å². The van der Waals surface area contributed by atoms with Crippen LogP contribution in [0.3, 0.4) is 0 Å². The number of hydrogen-bond donors (Lipinski definition) is 1. The molecule has 0 radical (unpaired) electrons. The van der Waals surface area contributed by atoms with Gasteiger partial charge in [0.05, 0.1) is 28.2 Å². The summed E-state index contributed by atoms with van der Waals surface area (Å²) in [6, 6.07) is 20.4. The highest BCUT2D eigenvalue weighted by Gasteiger charge is 2.45. The highest BCUT2D eigenvalue weighted by molar-refractivity contribution is 7.98. The number of non-ortho nitro benzene ring substituents is 1. The maximum Gasteiger partial charge on any atom is 0.271 e. The number of anilines is 1. The molecule has 7 nitrogen and oxygen atoms in total. The fourth-order valence-electron chi connectivity index (χ4n) is 5.97. The van der Waals surface area contributed by atoms with Crippen molar-refractivity contribution in [3.8, 4) is 6.07 Å². The van der Waals surface area contributed by atoms with E-state index in [9.17, 15) is 20.2 Å². The van der Waals surface area contributed by atoms with Gasteiger partial charge in [-0.2, -0.15) is 5.26 Å². The third kappa shape index (κ3) is 5.55. The van der Waals surface area contributed by atoms with Crippen molar-refractivity contribution >= 4 is 40.5 Å². The van der Waals surface area contributed by atoms with E-state index in [0.29, 0.717) is 40.6 Å². The lowest BCUT2D eigenvalue weighted by atomic mass is 9.68. The second kappa shape index (κ2) is 11.3.